The summed E-state index contributed by atoms with van der Waals surface area (Å²) in [5, 5.41) is 0. The molecule has 0 N–H and O–H groups in total. The minimum absolute atomic E-state index is 0.0830. The Labute approximate surface area is 192 Å². The molecule has 1 aliphatic heterocycles. The largest absolute Gasteiger partial charge is 0.497 e. The number of hydrogen-bond acceptors (Lipinski definition) is 4. The van der Waals surface area contributed by atoms with Gasteiger partial charge >= 0.3 is 0 Å². The molecule has 1 heterocycles. The first kappa shape index (κ1) is 20.2. The van der Waals surface area contributed by atoms with Crippen molar-refractivity contribution in [2.75, 3.05) is 18.7 Å². The van der Waals surface area contributed by atoms with E-state index in [0.717, 1.165) is 12.0 Å². The van der Waals surface area contributed by atoms with Crippen LogP contribution in [0.3, 0.4) is 0 Å². The van der Waals surface area contributed by atoms with Crippen LogP contribution in [0.4, 0.5) is 5.69 Å². The molecule has 3 fully saturated rings. The first-order chi connectivity index (χ1) is 16.0. The molecule has 2 saturated carbocycles. The summed E-state index contributed by atoms with van der Waals surface area (Å²) < 4.78 is 5.29. The summed E-state index contributed by atoms with van der Waals surface area (Å²) >= 11 is 0. The maximum Gasteiger partial charge on any atom is 0.259 e. The average Bonchev–Trinajstić information content (AvgIpc) is 3.63. The Bertz CT molecular complexity index is 1170. The molecule has 0 radical (unpaired) electrons. The van der Waals surface area contributed by atoms with Crippen LogP contribution in [0.15, 0.2) is 60.7 Å². The third kappa shape index (κ3) is 2.96. The van der Waals surface area contributed by atoms with Gasteiger partial charge in [0.1, 0.15) is 12.4 Å². The van der Waals surface area contributed by atoms with Gasteiger partial charge in [-0.15, -0.1) is 0 Å². The minimum Gasteiger partial charge on any atom is -0.497 e. The maximum atomic E-state index is 13.7. The predicted molar refractivity (Wildman–Crippen MR) is 122 cm³/mol. The molecule has 33 heavy (non-hydrogen) atoms. The van der Waals surface area contributed by atoms with E-state index in [4.69, 9.17) is 4.74 Å². The van der Waals surface area contributed by atoms with Gasteiger partial charge in [-0.25, -0.2) is 0 Å². The number of rotatable bonds is 5. The zero-order chi connectivity index (χ0) is 22.9. The minimum atomic E-state index is -0.276. The van der Waals surface area contributed by atoms with Crippen molar-refractivity contribution in [3.05, 3.63) is 71.8 Å². The number of methoxy groups -OCH3 is 1. The Kier molecular flexibility index (Phi) is 4.47. The number of carbonyl (C=O) groups is 3. The molecule has 1 saturated heterocycles. The number of allylic oxidation sites excluding steroid dienone is 2. The van der Waals surface area contributed by atoms with Crippen molar-refractivity contribution < 1.29 is 19.1 Å². The van der Waals surface area contributed by atoms with Crippen molar-refractivity contribution in [2.45, 2.75) is 13.3 Å². The molecule has 0 unspecified atom stereocenters. The van der Waals surface area contributed by atoms with Gasteiger partial charge in [0.2, 0.25) is 11.8 Å². The lowest BCUT2D eigenvalue weighted by Gasteiger charge is -2.37. The fourth-order valence-corrected chi connectivity index (χ4v) is 6.33. The number of imide groups is 1. The number of aryl methyl sites for hydroxylation is 1. The van der Waals surface area contributed by atoms with Gasteiger partial charge in [-0.05, 0) is 66.8 Å². The second-order valence-corrected chi connectivity index (χ2v) is 9.65. The van der Waals surface area contributed by atoms with E-state index in [9.17, 15) is 14.4 Å². The third-order valence-electron chi connectivity index (χ3n) is 8.01. The van der Waals surface area contributed by atoms with Crippen LogP contribution in [0.5, 0.6) is 5.75 Å². The molecule has 6 nitrogen and oxygen atoms in total. The number of ether oxygens (including phenoxy) is 1. The van der Waals surface area contributed by atoms with Crippen LogP contribution in [0.1, 0.15) is 22.3 Å². The fraction of sp³-hybridized carbons (Fsp3) is 0.370. The highest BCUT2D eigenvalue weighted by molar-refractivity contribution is 6.10. The molecule has 4 aliphatic carbocycles. The summed E-state index contributed by atoms with van der Waals surface area (Å²) in [6, 6.07) is 14.5. The molecule has 2 aromatic rings. The van der Waals surface area contributed by atoms with E-state index in [1.165, 1.54) is 4.90 Å². The van der Waals surface area contributed by atoms with Crippen molar-refractivity contribution in [3.63, 3.8) is 0 Å². The number of benzene rings is 2. The van der Waals surface area contributed by atoms with Gasteiger partial charge in [0.05, 0.1) is 18.9 Å². The number of hydrogen-bond donors (Lipinski definition) is 0. The molecule has 0 spiro atoms. The molecule has 5 aliphatic rings. The highest BCUT2D eigenvalue weighted by atomic mass is 16.5. The van der Waals surface area contributed by atoms with Crippen LogP contribution >= 0.6 is 0 Å². The second kappa shape index (κ2) is 7.30. The predicted octanol–water partition coefficient (Wildman–Crippen LogP) is 3.66. The van der Waals surface area contributed by atoms with Gasteiger partial charge in [0, 0.05) is 11.3 Å². The van der Waals surface area contributed by atoms with Crippen LogP contribution < -0.4 is 9.64 Å². The SMILES string of the molecule is COc1cccc(C(=O)N(CN2C(=O)[C@@H]3[C@H]4C=C[C@@H]([C@@H]5C[C@H]45)[C@@H]3C2=O)c2ccccc2C)c1. The molecule has 0 aromatic heterocycles. The smallest absolute Gasteiger partial charge is 0.259 e. The van der Waals surface area contributed by atoms with Crippen molar-refractivity contribution in [1.82, 2.24) is 4.90 Å². The molecular formula is C27H26N2O4. The van der Waals surface area contributed by atoms with E-state index in [-0.39, 0.29) is 48.1 Å². The average molecular weight is 443 g/mol. The number of nitrogens with zero attached hydrogens (tertiary/aromatic N) is 2. The Morgan fingerprint density at radius 3 is 2.30 bits per heavy atom. The topological polar surface area (TPSA) is 66.9 Å². The molecule has 168 valence electrons. The number of anilines is 1. The quantitative estimate of drug-likeness (QED) is 0.524. The lowest BCUT2D eigenvalue weighted by atomic mass is 9.63. The molecule has 6 atom stereocenters. The van der Waals surface area contributed by atoms with Crippen LogP contribution in [-0.4, -0.2) is 36.4 Å². The summed E-state index contributed by atoms with van der Waals surface area (Å²) in [6.45, 7) is 1.84. The van der Waals surface area contributed by atoms with Gasteiger partial charge in [-0.2, -0.15) is 0 Å². The summed E-state index contributed by atoms with van der Waals surface area (Å²) in [6.07, 6.45) is 5.45. The lowest BCUT2D eigenvalue weighted by molar-refractivity contribution is -0.140. The molecule has 2 bridgehead atoms. The van der Waals surface area contributed by atoms with Crippen molar-refractivity contribution in [2.24, 2.45) is 35.5 Å². The normalized spacial score (nSPS) is 30.8. The van der Waals surface area contributed by atoms with Gasteiger partial charge in [-0.3, -0.25) is 24.2 Å². The Morgan fingerprint density at radius 1 is 1.00 bits per heavy atom. The van der Waals surface area contributed by atoms with Crippen LogP contribution in [0, 0.1) is 42.4 Å². The van der Waals surface area contributed by atoms with Crippen molar-refractivity contribution >= 4 is 23.4 Å². The summed E-state index contributed by atoms with van der Waals surface area (Å²) in [7, 11) is 1.55. The highest BCUT2D eigenvalue weighted by Gasteiger charge is 2.67. The first-order valence-corrected chi connectivity index (χ1v) is 11.5. The zero-order valence-electron chi connectivity index (χ0n) is 18.7. The second-order valence-electron chi connectivity index (χ2n) is 9.65. The van der Waals surface area contributed by atoms with E-state index < -0.39 is 0 Å². The number of carbonyl (C=O) groups excluding carboxylic acids is 3. The molecule has 7 rings (SSSR count). The van der Waals surface area contributed by atoms with Crippen LogP contribution in [-0.2, 0) is 9.59 Å². The number of likely N-dealkylation sites (tertiary alicyclic amines) is 1. The highest BCUT2D eigenvalue weighted by Crippen LogP contribution is 2.65. The monoisotopic (exact) mass is 442 g/mol. The molecule has 2 aromatic carbocycles. The number of para-hydroxylation sites is 1. The van der Waals surface area contributed by atoms with Crippen LogP contribution in [0.25, 0.3) is 0 Å². The Balaban J connectivity index is 1.35. The van der Waals surface area contributed by atoms with E-state index in [1.807, 2.05) is 31.2 Å². The molecular weight excluding hydrogens is 416 g/mol. The Hall–Kier alpha value is -3.41. The standard InChI is InChI=1S/C27H26N2O4/c1-15-6-3-4-9-22(15)28(25(30)16-7-5-8-17(12-16)33-2)14-29-26(31)23-18-10-11-19(21-13-20(18)21)24(23)27(29)32/h3-12,18-21,23-24H,13-14H2,1-2H3/t18-,19-,20-,21+,23-,24+/m0/s1. The number of amides is 3. The summed E-state index contributed by atoms with van der Waals surface area (Å²) in [5.74, 6) is 0.893. The molecule has 6 heteroatoms. The maximum absolute atomic E-state index is 13.7. The fourth-order valence-electron chi connectivity index (χ4n) is 6.33. The van der Waals surface area contributed by atoms with Gasteiger partial charge in [0.15, 0.2) is 0 Å². The van der Waals surface area contributed by atoms with Gasteiger partial charge < -0.3 is 4.74 Å². The summed E-state index contributed by atoms with van der Waals surface area (Å²) in [4.78, 5) is 43.6. The van der Waals surface area contributed by atoms with E-state index in [0.29, 0.717) is 28.8 Å². The third-order valence-corrected chi connectivity index (χ3v) is 8.01. The van der Waals surface area contributed by atoms with Gasteiger partial charge in [-0.1, -0.05) is 36.4 Å². The van der Waals surface area contributed by atoms with Crippen LogP contribution in [0.2, 0.25) is 0 Å². The van der Waals surface area contributed by atoms with Gasteiger partial charge in [0.25, 0.3) is 5.91 Å². The van der Waals surface area contributed by atoms with E-state index in [1.54, 1.807) is 36.3 Å². The Morgan fingerprint density at radius 2 is 1.67 bits per heavy atom. The zero-order valence-corrected chi connectivity index (χ0v) is 18.7. The lowest BCUT2D eigenvalue weighted by Crippen LogP contribution is -2.45. The first-order valence-electron chi connectivity index (χ1n) is 11.5. The van der Waals surface area contributed by atoms with E-state index in [2.05, 4.69) is 12.2 Å². The summed E-state index contributed by atoms with van der Waals surface area (Å²) in [5.41, 5.74) is 2.02. The molecule has 3 amide bonds. The van der Waals surface area contributed by atoms with Crippen molar-refractivity contribution in [3.8, 4) is 5.75 Å². The van der Waals surface area contributed by atoms with E-state index >= 15 is 0 Å². The van der Waals surface area contributed by atoms with Crippen molar-refractivity contribution in [1.29, 1.82) is 0 Å².